The van der Waals surface area contributed by atoms with E-state index in [1.54, 1.807) is 24.5 Å². The van der Waals surface area contributed by atoms with Crippen LogP contribution in [0, 0.1) is 12.8 Å². The van der Waals surface area contributed by atoms with Gasteiger partial charge in [-0.05, 0) is 49.4 Å². The van der Waals surface area contributed by atoms with Crippen molar-refractivity contribution in [1.29, 1.82) is 0 Å². The van der Waals surface area contributed by atoms with E-state index in [1.165, 1.54) is 0 Å². The minimum Gasteiger partial charge on any atom is -0.385 e. The number of hydrogen-bond donors (Lipinski definition) is 4. The number of aromatic nitrogens is 5. The first-order valence-electron chi connectivity index (χ1n) is 10.9. The fourth-order valence-corrected chi connectivity index (χ4v) is 3.43. The van der Waals surface area contributed by atoms with Crippen LogP contribution < -0.4 is 21.3 Å². The van der Waals surface area contributed by atoms with Gasteiger partial charge >= 0.3 is 0 Å². The molecule has 1 fully saturated rings. The second-order valence-electron chi connectivity index (χ2n) is 7.93. The predicted octanol–water partition coefficient (Wildman–Crippen LogP) is 3.76. The molecule has 33 heavy (non-hydrogen) atoms. The van der Waals surface area contributed by atoms with Gasteiger partial charge in [-0.2, -0.15) is 4.98 Å². The first kappa shape index (κ1) is 20.8. The average Bonchev–Trinajstić information content (AvgIpc) is 2.79. The van der Waals surface area contributed by atoms with Crippen LogP contribution in [0.4, 0.5) is 29.0 Å². The maximum absolute atomic E-state index is 4.57. The van der Waals surface area contributed by atoms with E-state index in [4.69, 9.17) is 0 Å². The van der Waals surface area contributed by atoms with E-state index in [9.17, 15) is 0 Å². The number of anilines is 5. The SMILES string of the molecule is Cc1cccc(-c2nccc(Nc3ccnc(Nc4cccc(NCC5CNC5)c4)n3)n2)n1. The van der Waals surface area contributed by atoms with E-state index in [0.29, 0.717) is 29.3 Å². The summed E-state index contributed by atoms with van der Waals surface area (Å²) in [4.78, 5) is 22.3. The number of benzene rings is 1. The first-order chi connectivity index (χ1) is 16.2. The lowest BCUT2D eigenvalue weighted by molar-refractivity contribution is 0.365. The van der Waals surface area contributed by atoms with Crippen LogP contribution in [0.5, 0.6) is 0 Å². The summed E-state index contributed by atoms with van der Waals surface area (Å²) in [6.07, 6.45) is 3.40. The number of aryl methyl sites for hydroxylation is 1. The largest absolute Gasteiger partial charge is 0.385 e. The van der Waals surface area contributed by atoms with Crippen molar-refractivity contribution in [3.05, 3.63) is 72.7 Å². The molecule has 1 saturated heterocycles. The van der Waals surface area contributed by atoms with Crippen molar-refractivity contribution in [2.24, 2.45) is 5.92 Å². The maximum atomic E-state index is 4.57. The molecular weight excluding hydrogens is 414 g/mol. The molecule has 0 bridgehead atoms. The molecular formula is C24H25N9. The highest BCUT2D eigenvalue weighted by molar-refractivity contribution is 5.63. The smallest absolute Gasteiger partial charge is 0.229 e. The highest BCUT2D eigenvalue weighted by Crippen LogP contribution is 2.21. The number of rotatable bonds is 8. The molecule has 4 N–H and O–H groups in total. The fraction of sp³-hybridized carbons (Fsp3) is 0.208. The summed E-state index contributed by atoms with van der Waals surface area (Å²) in [6.45, 7) is 5.06. The lowest BCUT2D eigenvalue weighted by Crippen LogP contribution is -2.45. The van der Waals surface area contributed by atoms with Crippen molar-refractivity contribution in [1.82, 2.24) is 30.2 Å². The van der Waals surface area contributed by atoms with Crippen molar-refractivity contribution in [2.45, 2.75) is 6.92 Å². The van der Waals surface area contributed by atoms with E-state index in [1.807, 2.05) is 37.3 Å². The highest BCUT2D eigenvalue weighted by atomic mass is 15.2. The summed E-state index contributed by atoms with van der Waals surface area (Å²) < 4.78 is 0. The van der Waals surface area contributed by atoms with Gasteiger partial charge in [0.05, 0.1) is 0 Å². The Kier molecular flexibility index (Phi) is 6.03. The minimum atomic E-state index is 0.495. The van der Waals surface area contributed by atoms with Gasteiger partial charge < -0.3 is 21.3 Å². The normalized spacial score (nSPS) is 13.2. The van der Waals surface area contributed by atoms with Crippen molar-refractivity contribution >= 4 is 29.0 Å². The third kappa shape index (κ3) is 5.39. The maximum Gasteiger partial charge on any atom is 0.229 e. The molecule has 0 unspecified atom stereocenters. The van der Waals surface area contributed by atoms with E-state index < -0.39 is 0 Å². The van der Waals surface area contributed by atoms with Crippen LogP contribution in [0.3, 0.4) is 0 Å². The topological polar surface area (TPSA) is 113 Å². The quantitative estimate of drug-likeness (QED) is 0.326. The molecule has 1 aliphatic heterocycles. The Hall–Kier alpha value is -4.11. The van der Waals surface area contributed by atoms with Crippen LogP contribution in [0.2, 0.25) is 0 Å². The van der Waals surface area contributed by atoms with Gasteiger partial charge in [-0.25, -0.2) is 19.9 Å². The van der Waals surface area contributed by atoms with Crippen molar-refractivity contribution in [3.63, 3.8) is 0 Å². The molecule has 3 aromatic heterocycles. The molecule has 9 heteroatoms. The molecule has 166 valence electrons. The second-order valence-corrected chi connectivity index (χ2v) is 7.93. The standard InChI is InChI=1S/C24H25N9/c1-16-4-2-7-20(29-16)23-26-10-8-21(32-23)31-22-9-11-27-24(33-22)30-19-6-3-5-18(12-19)28-15-17-13-25-14-17/h2-12,17,25,28H,13-15H2,1H3,(H2,26,27,30,31,32,33). The second kappa shape index (κ2) is 9.58. The van der Waals surface area contributed by atoms with E-state index in [-0.39, 0.29) is 0 Å². The van der Waals surface area contributed by atoms with Gasteiger partial charge in [-0.1, -0.05) is 12.1 Å². The molecule has 0 saturated carbocycles. The van der Waals surface area contributed by atoms with Gasteiger partial charge in [-0.15, -0.1) is 0 Å². The predicted molar refractivity (Wildman–Crippen MR) is 130 cm³/mol. The molecule has 1 aromatic carbocycles. The molecule has 4 aromatic rings. The molecule has 0 radical (unpaired) electrons. The highest BCUT2D eigenvalue weighted by Gasteiger charge is 2.15. The van der Waals surface area contributed by atoms with Crippen LogP contribution in [0.1, 0.15) is 5.69 Å². The summed E-state index contributed by atoms with van der Waals surface area (Å²) in [5, 5.41) is 13.3. The van der Waals surface area contributed by atoms with Crippen LogP contribution in [0.25, 0.3) is 11.5 Å². The summed E-state index contributed by atoms with van der Waals surface area (Å²) in [5.41, 5.74) is 3.63. The Labute approximate surface area is 192 Å². The molecule has 5 rings (SSSR count). The summed E-state index contributed by atoms with van der Waals surface area (Å²) in [6, 6.07) is 17.5. The number of nitrogens with one attached hydrogen (secondary N) is 4. The van der Waals surface area contributed by atoms with Crippen molar-refractivity contribution < 1.29 is 0 Å². The number of nitrogens with zero attached hydrogens (tertiary/aromatic N) is 5. The van der Waals surface area contributed by atoms with E-state index >= 15 is 0 Å². The molecule has 0 spiro atoms. The van der Waals surface area contributed by atoms with Gasteiger partial charge in [0.15, 0.2) is 5.82 Å². The number of pyridine rings is 1. The number of hydrogen-bond acceptors (Lipinski definition) is 9. The van der Waals surface area contributed by atoms with Crippen molar-refractivity contribution in [3.8, 4) is 11.5 Å². The third-order valence-corrected chi connectivity index (χ3v) is 5.26. The first-order valence-corrected chi connectivity index (χ1v) is 10.9. The molecule has 0 aliphatic carbocycles. The van der Waals surface area contributed by atoms with E-state index in [0.717, 1.165) is 42.4 Å². The van der Waals surface area contributed by atoms with E-state index in [2.05, 4.69) is 58.3 Å². The Balaban J connectivity index is 1.27. The summed E-state index contributed by atoms with van der Waals surface area (Å²) >= 11 is 0. The Morgan fingerprint density at radius 3 is 2.45 bits per heavy atom. The molecule has 0 amide bonds. The minimum absolute atomic E-state index is 0.495. The molecule has 0 atom stereocenters. The third-order valence-electron chi connectivity index (χ3n) is 5.26. The zero-order valence-electron chi connectivity index (χ0n) is 18.3. The molecule has 1 aliphatic rings. The monoisotopic (exact) mass is 439 g/mol. The summed E-state index contributed by atoms with van der Waals surface area (Å²) in [5.74, 6) is 3.00. The van der Waals surface area contributed by atoms with Crippen LogP contribution in [-0.2, 0) is 0 Å². The van der Waals surface area contributed by atoms with Gasteiger partial charge in [-0.3, -0.25) is 0 Å². The lowest BCUT2D eigenvalue weighted by atomic mass is 10.0. The fourth-order valence-electron chi connectivity index (χ4n) is 3.43. The van der Waals surface area contributed by atoms with Crippen LogP contribution in [0.15, 0.2) is 67.0 Å². The average molecular weight is 440 g/mol. The zero-order valence-corrected chi connectivity index (χ0v) is 18.3. The Morgan fingerprint density at radius 2 is 1.64 bits per heavy atom. The van der Waals surface area contributed by atoms with Crippen LogP contribution in [-0.4, -0.2) is 44.6 Å². The molecule has 4 heterocycles. The zero-order chi connectivity index (χ0) is 22.5. The molecule has 9 nitrogen and oxygen atoms in total. The Morgan fingerprint density at radius 1 is 0.848 bits per heavy atom. The van der Waals surface area contributed by atoms with Gasteiger partial charge in [0.25, 0.3) is 0 Å². The van der Waals surface area contributed by atoms with Gasteiger partial charge in [0.1, 0.15) is 17.3 Å². The van der Waals surface area contributed by atoms with Crippen LogP contribution >= 0.6 is 0 Å². The Bertz CT molecular complexity index is 1240. The van der Waals surface area contributed by atoms with Crippen molar-refractivity contribution in [2.75, 3.05) is 35.6 Å². The lowest BCUT2D eigenvalue weighted by Gasteiger charge is -2.27. The summed E-state index contributed by atoms with van der Waals surface area (Å²) in [7, 11) is 0. The van der Waals surface area contributed by atoms with Gasteiger partial charge in [0.2, 0.25) is 5.95 Å². The van der Waals surface area contributed by atoms with Gasteiger partial charge in [0, 0.05) is 55.0 Å².